The van der Waals surface area contributed by atoms with Crippen molar-refractivity contribution in [3.8, 4) is 0 Å². The van der Waals surface area contributed by atoms with Crippen molar-refractivity contribution in [2.24, 2.45) is 0 Å². The van der Waals surface area contributed by atoms with Crippen molar-refractivity contribution in [3.05, 3.63) is 64.9 Å². The molecule has 0 bridgehead atoms. The maximum absolute atomic E-state index is 12.6. The normalized spacial score (nSPS) is 17.6. The number of imidazole rings is 1. The second kappa shape index (κ2) is 7.14. The fraction of sp³-hybridized carbons (Fsp3) is 0.333. The van der Waals surface area contributed by atoms with Crippen LogP contribution in [0, 0.1) is 0 Å². The number of carbonyl (C=O) groups is 1. The summed E-state index contributed by atoms with van der Waals surface area (Å²) in [7, 11) is 0. The van der Waals surface area contributed by atoms with E-state index >= 15 is 0 Å². The first kappa shape index (κ1) is 16.0. The highest BCUT2D eigenvalue weighted by Crippen LogP contribution is 2.27. The average molecular weight is 353 g/mol. The molecule has 0 unspecified atom stereocenters. The molecular weight excluding hydrogens is 334 g/mol. The number of amides is 1. The first-order valence-electron chi connectivity index (χ1n) is 8.38. The molecular formula is C18H19N5OS. The van der Waals surface area contributed by atoms with Crippen molar-refractivity contribution in [1.29, 1.82) is 0 Å². The number of carbonyl (C=O) groups excluding carboxylic acids is 1. The van der Waals surface area contributed by atoms with Gasteiger partial charge in [0.1, 0.15) is 11.5 Å². The third kappa shape index (κ3) is 3.46. The van der Waals surface area contributed by atoms with Gasteiger partial charge in [-0.25, -0.2) is 9.97 Å². The molecule has 6 nitrogen and oxygen atoms in total. The lowest BCUT2D eigenvalue weighted by Gasteiger charge is -2.32. The number of rotatable bonds is 4. The third-order valence-electron chi connectivity index (χ3n) is 4.55. The molecule has 1 aliphatic rings. The largest absolute Gasteiger partial charge is 0.337 e. The average Bonchev–Trinajstić information content (AvgIpc) is 3.34. The van der Waals surface area contributed by atoms with Crippen molar-refractivity contribution in [3.63, 3.8) is 0 Å². The van der Waals surface area contributed by atoms with Crippen molar-refractivity contribution in [2.75, 3.05) is 13.1 Å². The van der Waals surface area contributed by atoms with Gasteiger partial charge in [0.2, 0.25) is 0 Å². The van der Waals surface area contributed by atoms with Crippen LogP contribution in [-0.4, -0.2) is 43.4 Å². The summed E-state index contributed by atoms with van der Waals surface area (Å²) in [6.07, 6.45) is 9.53. The van der Waals surface area contributed by atoms with Crippen LogP contribution in [0.4, 0.5) is 0 Å². The quantitative estimate of drug-likeness (QED) is 0.723. The Kier molecular flexibility index (Phi) is 4.56. The molecule has 0 saturated carbocycles. The molecule has 3 aromatic heterocycles. The number of pyridine rings is 1. The number of piperidine rings is 1. The van der Waals surface area contributed by atoms with E-state index in [4.69, 9.17) is 0 Å². The predicted octanol–water partition coefficient (Wildman–Crippen LogP) is 2.80. The lowest BCUT2D eigenvalue weighted by molar-refractivity contribution is 0.0698. The smallest absolute Gasteiger partial charge is 0.273 e. The number of likely N-dealkylation sites (tertiary alicyclic amines) is 1. The lowest BCUT2D eigenvalue weighted by atomic mass is 9.96. The highest BCUT2D eigenvalue weighted by molar-refractivity contribution is 7.07. The SMILES string of the molecule is O=C(c1cscn1)N1CCC[C@H](c2nccn2Cc2cccnc2)C1. The van der Waals surface area contributed by atoms with Gasteiger partial charge in [-0.05, 0) is 24.5 Å². The summed E-state index contributed by atoms with van der Waals surface area (Å²) >= 11 is 1.45. The molecule has 1 amide bonds. The first-order chi connectivity index (χ1) is 12.3. The first-order valence-corrected chi connectivity index (χ1v) is 9.33. The summed E-state index contributed by atoms with van der Waals surface area (Å²) in [5.74, 6) is 1.32. The van der Waals surface area contributed by atoms with Crippen molar-refractivity contribution >= 4 is 17.2 Å². The zero-order chi connectivity index (χ0) is 17.1. The number of hydrogen-bond acceptors (Lipinski definition) is 5. The molecule has 1 aliphatic heterocycles. The zero-order valence-corrected chi connectivity index (χ0v) is 14.6. The van der Waals surface area contributed by atoms with Crippen LogP contribution in [0.1, 0.15) is 40.6 Å². The molecule has 3 aromatic rings. The van der Waals surface area contributed by atoms with Crippen LogP contribution < -0.4 is 0 Å². The topological polar surface area (TPSA) is 63.9 Å². The van der Waals surface area contributed by atoms with Gasteiger partial charge < -0.3 is 9.47 Å². The maximum Gasteiger partial charge on any atom is 0.273 e. The molecule has 7 heteroatoms. The molecule has 1 atom stereocenters. The van der Waals surface area contributed by atoms with Gasteiger partial charge in [-0.15, -0.1) is 11.3 Å². The predicted molar refractivity (Wildman–Crippen MR) is 95.6 cm³/mol. The van der Waals surface area contributed by atoms with E-state index < -0.39 is 0 Å². The van der Waals surface area contributed by atoms with Gasteiger partial charge in [0.15, 0.2) is 0 Å². The minimum Gasteiger partial charge on any atom is -0.337 e. The standard InChI is InChI=1S/C18H19N5OS/c24-18(16-12-25-13-21-16)23-7-2-4-15(11-23)17-20-6-8-22(17)10-14-3-1-5-19-9-14/h1,3,5-6,8-9,12-13,15H,2,4,7,10-11H2/t15-/m0/s1. The molecule has 0 aliphatic carbocycles. The van der Waals surface area contributed by atoms with Gasteiger partial charge in [0.05, 0.1) is 12.1 Å². The molecule has 0 spiro atoms. The van der Waals surface area contributed by atoms with Crippen LogP contribution in [0.2, 0.25) is 0 Å². The fourth-order valence-corrected chi connectivity index (χ4v) is 3.88. The number of nitrogens with zero attached hydrogens (tertiary/aromatic N) is 5. The third-order valence-corrected chi connectivity index (χ3v) is 5.14. The summed E-state index contributed by atoms with van der Waals surface area (Å²) in [5, 5.41) is 1.81. The van der Waals surface area contributed by atoms with Crippen molar-refractivity contribution in [2.45, 2.75) is 25.3 Å². The van der Waals surface area contributed by atoms with Gasteiger partial charge in [0, 0.05) is 49.2 Å². The van der Waals surface area contributed by atoms with E-state index in [2.05, 4.69) is 25.6 Å². The zero-order valence-electron chi connectivity index (χ0n) is 13.8. The Balaban J connectivity index is 1.50. The maximum atomic E-state index is 12.6. The van der Waals surface area contributed by atoms with Gasteiger partial charge >= 0.3 is 0 Å². The van der Waals surface area contributed by atoms with Crippen LogP contribution in [0.15, 0.2) is 47.8 Å². The van der Waals surface area contributed by atoms with E-state index in [1.54, 1.807) is 11.7 Å². The molecule has 4 rings (SSSR count). The number of thiazole rings is 1. The second-order valence-corrected chi connectivity index (χ2v) is 6.96. The molecule has 0 radical (unpaired) electrons. The summed E-state index contributed by atoms with van der Waals surface area (Å²) in [6, 6.07) is 4.01. The van der Waals surface area contributed by atoms with E-state index in [0.29, 0.717) is 12.2 Å². The number of hydrogen-bond donors (Lipinski definition) is 0. The van der Waals surface area contributed by atoms with E-state index in [9.17, 15) is 4.79 Å². The van der Waals surface area contributed by atoms with E-state index in [1.165, 1.54) is 11.3 Å². The highest BCUT2D eigenvalue weighted by Gasteiger charge is 2.28. The van der Waals surface area contributed by atoms with Gasteiger partial charge in [0.25, 0.3) is 5.91 Å². The second-order valence-electron chi connectivity index (χ2n) is 6.24. The van der Waals surface area contributed by atoms with E-state index in [0.717, 1.165) is 37.3 Å². The Morgan fingerprint density at radius 3 is 3.08 bits per heavy atom. The Bertz CT molecular complexity index is 830. The van der Waals surface area contributed by atoms with Crippen LogP contribution in [0.25, 0.3) is 0 Å². The fourth-order valence-electron chi connectivity index (χ4n) is 3.36. The summed E-state index contributed by atoms with van der Waals surface area (Å²) in [5.41, 5.74) is 3.40. The molecule has 25 heavy (non-hydrogen) atoms. The Morgan fingerprint density at radius 1 is 1.32 bits per heavy atom. The summed E-state index contributed by atoms with van der Waals surface area (Å²) < 4.78 is 2.17. The summed E-state index contributed by atoms with van der Waals surface area (Å²) in [6.45, 7) is 2.23. The molecule has 0 aromatic carbocycles. The molecule has 4 heterocycles. The molecule has 1 saturated heterocycles. The monoisotopic (exact) mass is 353 g/mol. The molecule has 0 N–H and O–H groups in total. The van der Waals surface area contributed by atoms with Gasteiger partial charge in [-0.3, -0.25) is 9.78 Å². The Morgan fingerprint density at radius 2 is 2.28 bits per heavy atom. The van der Waals surface area contributed by atoms with E-state index in [1.807, 2.05) is 34.9 Å². The number of aromatic nitrogens is 4. The van der Waals surface area contributed by atoms with E-state index in [-0.39, 0.29) is 11.8 Å². The Labute approximate surface area is 150 Å². The molecule has 1 fully saturated rings. The minimum atomic E-state index is 0.0244. The van der Waals surface area contributed by atoms with Crippen molar-refractivity contribution < 1.29 is 4.79 Å². The van der Waals surface area contributed by atoms with Crippen LogP contribution in [0.3, 0.4) is 0 Å². The van der Waals surface area contributed by atoms with Crippen LogP contribution >= 0.6 is 11.3 Å². The minimum absolute atomic E-state index is 0.0244. The van der Waals surface area contributed by atoms with Crippen LogP contribution in [-0.2, 0) is 6.54 Å². The summed E-state index contributed by atoms with van der Waals surface area (Å²) in [4.78, 5) is 27.4. The highest BCUT2D eigenvalue weighted by atomic mass is 32.1. The van der Waals surface area contributed by atoms with Crippen molar-refractivity contribution in [1.82, 2.24) is 24.4 Å². The van der Waals surface area contributed by atoms with Gasteiger partial charge in [-0.2, -0.15) is 0 Å². The molecule has 128 valence electrons. The van der Waals surface area contributed by atoms with Crippen LogP contribution in [0.5, 0.6) is 0 Å². The Hall–Kier alpha value is -2.54. The lowest BCUT2D eigenvalue weighted by Crippen LogP contribution is -2.40. The van der Waals surface area contributed by atoms with Gasteiger partial charge in [-0.1, -0.05) is 6.07 Å².